The molecule has 0 saturated heterocycles. The first-order chi connectivity index (χ1) is 7.65. The van der Waals surface area contributed by atoms with Crippen LogP contribution in [-0.2, 0) is 11.4 Å². The lowest BCUT2D eigenvalue weighted by molar-refractivity contribution is 0.602. The molecule has 1 atom stereocenters. The minimum Gasteiger partial charge on any atom is -0.591 e. The largest absolute Gasteiger partial charge is 0.591 e. The lowest BCUT2D eigenvalue weighted by Crippen LogP contribution is -2.07. The number of rotatable bonds is 5. The van der Waals surface area contributed by atoms with Crippen molar-refractivity contribution in [3.63, 3.8) is 0 Å². The molecular weight excluding hydrogens is 225 g/mol. The van der Waals surface area contributed by atoms with Gasteiger partial charge in [-0.05, 0) is 18.9 Å². The van der Waals surface area contributed by atoms with Crippen molar-refractivity contribution >= 4 is 17.1 Å². The van der Waals surface area contributed by atoms with Gasteiger partial charge in [0, 0.05) is 5.56 Å². The van der Waals surface area contributed by atoms with Gasteiger partial charge in [0.15, 0.2) is 0 Å². The van der Waals surface area contributed by atoms with Crippen molar-refractivity contribution in [3.05, 3.63) is 48.3 Å². The van der Waals surface area contributed by atoms with E-state index in [4.69, 9.17) is 0 Å². The first-order valence-electron chi connectivity index (χ1n) is 4.92. The van der Waals surface area contributed by atoms with Gasteiger partial charge in [0.25, 0.3) is 0 Å². The Morgan fingerprint density at radius 2 is 2.25 bits per heavy atom. The fourth-order valence-corrected chi connectivity index (χ4v) is 1.82. The van der Waals surface area contributed by atoms with Gasteiger partial charge in [-0.3, -0.25) is 0 Å². The topological polar surface area (TPSA) is 35.4 Å². The van der Waals surface area contributed by atoms with E-state index < -0.39 is 11.4 Å². The van der Waals surface area contributed by atoms with Gasteiger partial charge in [0.1, 0.15) is 17.8 Å². The Balaban J connectivity index is 3.01. The number of halogens is 1. The van der Waals surface area contributed by atoms with Gasteiger partial charge in [0.05, 0.1) is 11.4 Å². The highest BCUT2D eigenvalue weighted by atomic mass is 32.2. The van der Waals surface area contributed by atoms with E-state index in [1.807, 2.05) is 0 Å². The Labute approximate surface area is 98.2 Å². The Kier molecular flexibility index (Phi) is 5.22. The summed E-state index contributed by atoms with van der Waals surface area (Å²) < 4.78 is 28.5. The molecule has 0 aromatic heterocycles. The average molecular weight is 239 g/mol. The van der Waals surface area contributed by atoms with Crippen LogP contribution in [0.3, 0.4) is 0 Å². The first kappa shape index (κ1) is 12.9. The van der Waals surface area contributed by atoms with Crippen LogP contribution in [0.1, 0.15) is 18.4 Å². The Morgan fingerprint density at radius 1 is 1.56 bits per heavy atom. The predicted octanol–water partition coefficient (Wildman–Crippen LogP) is 2.87. The van der Waals surface area contributed by atoms with Gasteiger partial charge in [-0.1, -0.05) is 28.7 Å². The van der Waals surface area contributed by atoms with E-state index in [-0.39, 0.29) is 5.82 Å². The number of nitrogens with zero attached hydrogens (tertiary/aromatic N) is 1. The van der Waals surface area contributed by atoms with Crippen molar-refractivity contribution in [2.24, 2.45) is 4.40 Å². The lowest BCUT2D eigenvalue weighted by atomic mass is 10.1. The van der Waals surface area contributed by atoms with E-state index in [0.29, 0.717) is 24.1 Å². The summed E-state index contributed by atoms with van der Waals surface area (Å²) in [5, 5.41) is 0. The molecular formula is C12H14FNOS. The van der Waals surface area contributed by atoms with Crippen LogP contribution >= 0.6 is 0 Å². The van der Waals surface area contributed by atoms with E-state index in [9.17, 15) is 8.94 Å². The number of hydrogen-bond acceptors (Lipinski definition) is 2. The molecule has 0 saturated carbocycles. The average Bonchev–Trinajstić information content (AvgIpc) is 2.24. The predicted molar refractivity (Wildman–Crippen MR) is 66.4 cm³/mol. The standard InChI is InChI=1S/C12H14FNOS/c1-3-4-9-12(14-16(2)15)10-7-5-6-8-11(10)13/h3,5-8H,1,4,9H2,2H3/b14-12+. The van der Waals surface area contributed by atoms with Crippen LogP contribution in [-0.4, -0.2) is 16.5 Å². The van der Waals surface area contributed by atoms with Crippen LogP contribution in [0.5, 0.6) is 0 Å². The molecule has 0 radical (unpaired) electrons. The van der Waals surface area contributed by atoms with Crippen molar-refractivity contribution in [1.82, 2.24) is 0 Å². The fourth-order valence-electron chi connectivity index (χ4n) is 1.32. The molecule has 0 spiro atoms. The van der Waals surface area contributed by atoms with Crippen LogP contribution in [0, 0.1) is 5.82 Å². The molecule has 0 bridgehead atoms. The maximum atomic E-state index is 13.5. The van der Waals surface area contributed by atoms with E-state index in [1.165, 1.54) is 12.3 Å². The second kappa shape index (κ2) is 6.45. The van der Waals surface area contributed by atoms with E-state index in [2.05, 4.69) is 11.0 Å². The number of allylic oxidation sites excluding steroid dienone is 1. The third-order valence-electron chi connectivity index (χ3n) is 2.01. The zero-order chi connectivity index (χ0) is 12.0. The van der Waals surface area contributed by atoms with E-state index in [0.717, 1.165) is 0 Å². The minimum absolute atomic E-state index is 0.337. The Hall–Kier alpha value is -1.13. The van der Waals surface area contributed by atoms with Crippen LogP contribution in [0.2, 0.25) is 0 Å². The van der Waals surface area contributed by atoms with Crippen LogP contribution < -0.4 is 0 Å². The van der Waals surface area contributed by atoms with Crippen LogP contribution in [0.4, 0.5) is 4.39 Å². The molecule has 1 unspecified atom stereocenters. The molecule has 16 heavy (non-hydrogen) atoms. The van der Waals surface area contributed by atoms with E-state index in [1.54, 1.807) is 24.3 Å². The molecule has 4 heteroatoms. The molecule has 86 valence electrons. The van der Waals surface area contributed by atoms with Gasteiger partial charge in [-0.25, -0.2) is 4.39 Å². The van der Waals surface area contributed by atoms with Crippen LogP contribution in [0.25, 0.3) is 0 Å². The summed E-state index contributed by atoms with van der Waals surface area (Å²) in [6.07, 6.45) is 4.43. The normalized spacial score (nSPS) is 13.6. The van der Waals surface area contributed by atoms with Crippen molar-refractivity contribution < 1.29 is 8.94 Å². The highest BCUT2D eigenvalue weighted by molar-refractivity contribution is 7.89. The van der Waals surface area contributed by atoms with Gasteiger partial charge >= 0.3 is 0 Å². The molecule has 0 aliphatic rings. The molecule has 0 fully saturated rings. The molecule has 1 rings (SSSR count). The van der Waals surface area contributed by atoms with E-state index >= 15 is 0 Å². The summed E-state index contributed by atoms with van der Waals surface area (Å²) in [7, 11) is 0. The van der Waals surface area contributed by atoms with Crippen molar-refractivity contribution in [1.29, 1.82) is 0 Å². The van der Waals surface area contributed by atoms with Gasteiger partial charge in [-0.15, -0.1) is 6.58 Å². The zero-order valence-corrected chi connectivity index (χ0v) is 9.97. The smallest absolute Gasteiger partial charge is 0.132 e. The summed E-state index contributed by atoms with van der Waals surface area (Å²) in [5.74, 6) is -0.337. The maximum absolute atomic E-state index is 13.5. The summed E-state index contributed by atoms with van der Waals surface area (Å²) in [6, 6.07) is 6.37. The summed E-state index contributed by atoms with van der Waals surface area (Å²) in [6.45, 7) is 3.60. The molecule has 2 nitrogen and oxygen atoms in total. The lowest BCUT2D eigenvalue weighted by Gasteiger charge is -2.06. The Bertz CT molecular complexity index is 390. The Morgan fingerprint density at radius 3 is 2.81 bits per heavy atom. The summed E-state index contributed by atoms with van der Waals surface area (Å²) in [5.41, 5.74) is 0.943. The first-order valence-corrected chi connectivity index (χ1v) is 6.43. The second-order valence-electron chi connectivity index (χ2n) is 3.27. The maximum Gasteiger partial charge on any atom is 0.132 e. The summed E-state index contributed by atoms with van der Waals surface area (Å²) >= 11 is -1.32. The fraction of sp³-hybridized carbons (Fsp3) is 0.250. The highest BCUT2D eigenvalue weighted by Crippen LogP contribution is 2.13. The molecule has 1 aromatic rings. The molecule has 1 aromatic carbocycles. The van der Waals surface area contributed by atoms with Crippen molar-refractivity contribution in [2.75, 3.05) is 6.26 Å². The minimum atomic E-state index is -1.32. The molecule has 0 aliphatic heterocycles. The molecule has 0 amide bonds. The highest BCUT2D eigenvalue weighted by Gasteiger charge is 2.11. The van der Waals surface area contributed by atoms with Gasteiger partial charge < -0.3 is 4.55 Å². The van der Waals surface area contributed by atoms with Crippen molar-refractivity contribution in [2.45, 2.75) is 12.8 Å². The van der Waals surface area contributed by atoms with Gasteiger partial charge in [0.2, 0.25) is 0 Å². The molecule has 0 aliphatic carbocycles. The third-order valence-corrected chi connectivity index (χ3v) is 2.49. The molecule has 0 heterocycles. The second-order valence-corrected chi connectivity index (χ2v) is 4.30. The van der Waals surface area contributed by atoms with Crippen molar-refractivity contribution in [3.8, 4) is 0 Å². The third kappa shape index (κ3) is 3.79. The monoisotopic (exact) mass is 239 g/mol. The quantitative estimate of drug-likeness (QED) is 0.442. The van der Waals surface area contributed by atoms with Gasteiger partial charge in [-0.2, -0.15) is 0 Å². The number of benzene rings is 1. The summed E-state index contributed by atoms with van der Waals surface area (Å²) in [4.78, 5) is 0. The SMILES string of the molecule is C=CCC/C(=N\[S+](C)[O-])c1ccccc1F. The van der Waals surface area contributed by atoms with Crippen LogP contribution in [0.15, 0.2) is 41.3 Å². The zero-order valence-electron chi connectivity index (χ0n) is 9.15. The number of hydrogen-bond donors (Lipinski definition) is 0. The molecule has 0 N–H and O–H groups in total.